The van der Waals surface area contributed by atoms with Gasteiger partial charge in [-0.2, -0.15) is 0 Å². The number of epoxide rings is 1. The van der Waals surface area contributed by atoms with Crippen molar-refractivity contribution < 1.29 is 23.7 Å². The Labute approximate surface area is 603 Å². The fourth-order valence-corrected chi connectivity index (χ4v) is 10.8. The van der Waals surface area contributed by atoms with Crippen molar-refractivity contribution in [3.05, 3.63) is 0 Å². The van der Waals surface area contributed by atoms with Crippen LogP contribution in [0.4, 0.5) is 0 Å². The van der Waals surface area contributed by atoms with Crippen molar-refractivity contribution >= 4 is 0 Å². The van der Waals surface area contributed by atoms with Gasteiger partial charge in [-0.3, -0.25) is 0 Å². The lowest BCUT2D eigenvalue weighted by atomic mass is 9.78. The van der Waals surface area contributed by atoms with E-state index in [1.54, 1.807) is 0 Å². The summed E-state index contributed by atoms with van der Waals surface area (Å²) < 4.78 is 25.8. The van der Waals surface area contributed by atoms with Crippen LogP contribution in [-0.4, -0.2) is 77.1 Å². The summed E-state index contributed by atoms with van der Waals surface area (Å²) in [5.41, 5.74) is 0. The molecule has 584 valence electrons. The summed E-state index contributed by atoms with van der Waals surface area (Å²) in [6, 6.07) is 0.815. The molecule has 6 heterocycles. The molecule has 6 heteroatoms. The molecule has 6 aliphatic heterocycles. The van der Waals surface area contributed by atoms with Crippen LogP contribution in [0.25, 0.3) is 0 Å². The van der Waals surface area contributed by atoms with Gasteiger partial charge in [0.25, 0.3) is 0 Å². The van der Waals surface area contributed by atoms with Gasteiger partial charge in [0.15, 0.2) is 0 Å². The van der Waals surface area contributed by atoms with E-state index in [9.17, 15) is 0 Å². The zero-order chi connectivity index (χ0) is 75.6. The first-order valence-corrected chi connectivity index (χ1v) is 42.8. The highest BCUT2D eigenvalue weighted by Gasteiger charge is 2.26. The first-order valence-electron chi connectivity index (χ1n) is 42.8. The Morgan fingerprint density at radius 2 is 0.500 bits per heavy atom. The van der Waals surface area contributed by atoms with Gasteiger partial charge in [0.1, 0.15) is 0 Å². The monoisotopic (exact) mass is 1350 g/mol. The van der Waals surface area contributed by atoms with Gasteiger partial charge in [-0.15, -0.1) is 0 Å². The Morgan fingerprint density at radius 3 is 0.585 bits per heavy atom. The van der Waals surface area contributed by atoms with Gasteiger partial charge >= 0.3 is 0 Å². The van der Waals surface area contributed by atoms with E-state index in [1.807, 2.05) is 138 Å². The fraction of sp³-hybridized carbons (Fsp3) is 1.00. The van der Waals surface area contributed by atoms with Crippen LogP contribution in [0.3, 0.4) is 0 Å². The van der Waals surface area contributed by atoms with Gasteiger partial charge < -0.3 is 29.0 Å². The third-order valence-electron chi connectivity index (χ3n) is 18.6. The number of hydrogen-bond donors (Lipinski definition) is 1. The van der Waals surface area contributed by atoms with Gasteiger partial charge in [0.05, 0.1) is 38.1 Å². The summed E-state index contributed by atoms with van der Waals surface area (Å²) in [4.78, 5) is 0. The molecule has 6 nitrogen and oxygen atoms in total. The third-order valence-corrected chi connectivity index (χ3v) is 18.6. The second-order valence-electron chi connectivity index (χ2n) is 28.2. The first-order chi connectivity index (χ1) is 45.0. The van der Waals surface area contributed by atoms with E-state index in [1.165, 1.54) is 135 Å². The number of nitrogens with one attached hydrogen (secondary N) is 1. The molecule has 4 saturated carbocycles. The molecule has 10 fully saturated rings. The highest BCUT2D eigenvalue weighted by Crippen LogP contribution is 2.34. The number of hydrogen-bond acceptors (Lipinski definition) is 6. The predicted molar refractivity (Wildman–Crippen MR) is 438 cm³/mol. The molecule has 5 unspecified atom stereocenters. The summed E-state index contributed by atoms with van der Waals surface area (Å²) in [5, 5.41) is 3.46. The summed E-state index contributed by atoms with van der Waals surface area (Å²) in [5.74, 6) is 14.5. The standard InChI is InChI=1S/2C8H16.C7H15N.2C7H14O.2C7H14.2C6H12O.C5H10O.10C2H6/c2*1-7(2)8-5-3-4-6-8;1-6(2)7-4-3-5-8-7;1-6(2)7-3-4-8-5-7;1-6(2)7-4-3-5-8-7;2*1-6(2)7-4-3-5-7;1-5(2)6-3-7-4-6;1-5(2)6-3-4-7-6;1-4(2)5-3-6-5;10*1-2/h2*7-8H,3-6H2,1-2H3;6-8H,3-5H2,1-2H3;2*6-7H,3-5H2,1-2H3;2*6-7H,3-5H2,1-2H3;2*5-6H,3-4H2,1-2H3;4-5H,3H2,1-2H3;10*1-2H3. The molecule has 0 radical (unpaired) electrons. The van der Waals surface area contributed by atoms with Crippen LogP contribution in [0.1, 0.15) is 405 Å². The summed E-state index contributed by atoms with van der Waals surface area (Å²) in [6.45, 7) is 93.6. The average Bonchev–Trinajstić information content (AvgIpc) is 3.29. The minimum atomic E-state index is 0.565. The van der Waals surface area contributed by atoms with Crippen LogP contribution in [0, 0.1) is 94.7 Å². The number of rotatable bonds is 10. The van der Waals surface area contributed by atoms with Crippen LogP contribution in [0.5, 0.6) is 0 Å². The maximum Gasteiger partial charge on any atom is 0.0832 e. The largest absolute Gasteiger partial charge is 0.381 e. The van der Waals surface area contributed by atoms with Gasteiger partial charge in [-0.25, -0.2) is 0 Å². The first kappa shape index (κ1) is 115. The molecule has 0 spiro atoms. The van der Waals surface area contributed by atoms with E-state index in [-0.39, 0.29) is 0 Å². The van der Waals surface area contributed by atoms with Crippen molar-refractivity contribution in [3.8, 4) is 0 Å². The SMILES string of the molecule is CC.CC.CC.CC.CC.CC.CC.CC.CC.CC.CC(C)C1CCC1.CC(C)C1CCC1.CC(C)C1CCCC1.CC(C)C1CCCC1.CC(C)C1CCCN1.CC(C)C1CCCO1.CC(C)C1CCO1.CC(C)C1CCOC1.CC(C)C1CO1.CC(C)C1COC1. The topological polar surface area (TPSA) is 61.5 Å². The van der Waals surface area contributed by atoms with Gasteiger partial charge in [0, 0.05) is 38.4 Å². The molecule has 0 aromatic carbocycles. The summed E-state index contributed by atoms with van der Waals surface area (Å²) >= 11 is 0. The lowest BCUT2D eigenvalue weighted by Gasteiger charge is -2.29. The van der Waals surface area contributed by atoms with E-state index in [2.05, 4.69) is 144 Å². The van der Waals surface area contributed by atoms with E-state index in [4.69, 9.17) is 23.7 Å². The molecule has 94 heavy (non-hydrogen) atoms. The lowest BCUT2D eigenvalue weighted by Crippen LogP contribution is -2.31. The highest BCUT2D eigenvalue weighted by atomic mass is 16.6. The Hall–Kier alpha value is -0.240. The normalized spacial score (nSPS) is 21.4. The maximum atomic E-state index is 5.41. The molecule has 0 aromatic heterocycles. The van der Waals surface area contributed by atoms with Crippen molar-refractivity contribution in [2.75, 3.05) is 52.8 Å². The predicted octanol–water partition coefficient (Wildman–Crippen LogP) is 29.5. The Balaban J connectivity index is -0.000000101. The molecule has 10 aliphatic rings. The molecule has 0 aromatic rings. The van der Waals surface area contributed by atoms with Crippen LogP contribution in [0.15, 0.2) is 0 Å². The zero-order valence-electron chi connectivity index (χ0n) is 73.9. The minimum absolute atomic E-state index is 0.565. The van der Waals surface area contributed by atoms with Gasteiger partial charge in [-0.05, 0) is 134 Å². The minimum Gasteiger partial charge on any atom is -0.381 e. The summed E-state index contributed by atoms with van der Waals surface area (Å²) in [7, 11) is 0. The van der Waals surface area contributed by atoms with Crippen molar-refractivity contribution in [1.82, 2.24) is 5.32 Å². The molecule has 0 amide bonds. The van der Waals surface area contributed by atoms with Crippen molar-refractivity contribution in [2.24, 2.45) is 94.7 Å². The van der Waals surface area contributed by atoms with E-state index in [0.717, 1.165) is 147 Å². The number of ether oxygens (including phenoxy) is 5. The molecule has 0 bridgehead atoms. The van der Waals surface area contributed by atoms with E-state index in [0.29, 0.717) is 18.3 Å². The van der Waals surface area contributed by atoms with Crippen LogP contribution in [0.2, 0.25) is 0 Å². The Bertz CT molecular complexity index is 1010. The van der Waals surface area contributed by atoms with Gasteiger partial charge in [0.2, 0.25) is 0 Å². The third kappa shape index (κ3) is 73.0. The zero-order valence-corrected chi connectivity index (χ0v) is 73.9. The fourth-order valence-electron chi connectivity index (χ4n) is 10.8. The van der Waals surface area contributed by atoms with Crippen molar-refractivity contribution in [3.63, 3.8) is 0 Å². The highest BCUT2D eigenvalue weighted by molar-refractivity contribution is 4.77. The quantitative estimate of drug-likeness (QED) is 0.220. The Morgan fingerprint density at radius 1 is 0.213 bits per heavy atom. The average molecular weight is 1350 g/mol. The molecular weight excluding hydrogens is 1150 g/mol. The van der Waals surface area contributed by atoms with Crippen molar-refractivity contribution in [2.45, 2.75) is 430 Å². The maximum absolute atomic E-state index is 5.41. The van der Waals surface area contributed by atoms with Gasteiger partial charge in [-0.1, -0.05) is 367 Å². The molecule has 4 aliphatic carbocycles. The Kier molecular flexibility index (Phi) is 109. The second-order valence-corrected chi connectivity index (χ2v) is 28.2. The van der Waals surface area contributed by atoms with Crippen LogP contribution < -0.4 is 5.32 Å². The lowest BCUT2D eigenvalue weighted by molar-refractivity contribution is -0.0763. The molecular formula is C88H197NO5. The smallest absolute Gasteiger partial charge is 0.0832 e. The van der Waals surface area contributed by atoms with E-state index >= 15 is 0 Å². The molecule has 1 N–H and O–H groups in total. The summed E-state index contributed by atoms with van der Waals surface area (Å²) in [6.07, 6.45) is 30.5. The van der Waals surface area contributed by atoms with Crippen LogP contribution in [-0.2, 0) is 23.7 Å². The molecule has 6 saturated heterocycles. The van der Waals surface area contributed by atoms with E-state index < -0.39 is 0 Å². The molecule has 10 rings (SSSR count). The molecule has 5 atom stereocenters. The van der Waals surface area contributed by atoms with Crippen LogP contribution >= 0.6 is 0 Å². The second kappa shape index (κ2) is 88.8. The van der Waals surface area contributed by atoms with Crippen molar-refractivity contribution in [1.29, 1.82) is 0 Å².